The summed E-state index contributed by atoms with van der Waals surface area (Å²) < 4.78 is 0. The Kier molecular flexibility index (Phi) is 5.11. The van der Waals surface area contributed by atoms with Gasteiger partial charge in [0.1, 0.15) is 0 Å². The summed E-state index contributed by atoms with van der Waals surface area (Å²) in [5.74, 6) is 2.01. The molecule has 2 rings (SSSR count). The molecule has 2 heteroatoms. The predicted octanol–water partition coefficient (Wildman–Crippen LogP) is 2.50. The third-order valence-electron chi connectivity index (χ3n) is 4.38. The van der Waals surface area contributed by atoms with Crippen LogP contribution in [0.3, 0.4) is 0 Å². The fourth-order valence-electron chi connectivity index (χ4n) is 3.30. The Morgan fingerprint density at radius 1 is 1.00 bits per heavy atom. The summed E-state index contributed by atoms with van der Waals surface area (Å²) in [5, 5.41) is 3.46. The van der Waals surface area contributed by atoms with Gasteiger partial charge in [-0.15, -0.1) is 0 Å². The zero-order valence-electron chi connectivity index (χ0n) is 10.9. The quantitative estimate of drug-likeness (QED) is 0.789. The van der Waals surface area contributed by atoms with Crippen molar-refractivity contribution >= 4 is 0 Å². The van der Waals surface area contributed by atoms with Crippen molar-refractivity contribution in [1.82, 2.24) is 10.2 Å². The maximum atomic E-state index is 3.46. The highest BCUT2D eigenvalue weighted by Gasteiger charge is 2.21. The molecule has 2 nitrogen and oxygen atoms in total. The molecule has 0 spiro atoms. The van der Waals surface area contributed by atoms with E-state index in [2.05, 4.69) is 17.1 Å². The minimum Gasteiger partial charge on any atom is -0.317 e. The van der Waals surface area contributed by atoms with E-state index in [4.69, 9.17) is 0 Å². The van der Waals surface area contributed by atoms with Crippen LogP contribution < -0.4 is 5.32 Å². The van der Waals surface area contributed by atoms with Gasteiger partial charge in [0.05, 0.1) is 0 Å². The van der Waals surface area contributed by atoms with Crippen molar-refractivity contribution in [3.63, 3.8) is 0 Å². The highest BCUT2D eigenvalue weighted by molar-refractivity contribution is 4.77. The molecule has 0 aromatic heterocycles. The molecule has 0 atom stereocenters. The Morgan fingerprint density at radius 3 is 2.31 bits per heavy atom. The summed E-state index contributed by atoms with van der Waals surface area (Å²) in [5.41, 5.74) is 0. The topological polar surface area (TPSA) is 15.3 Å². The van der Waals surface area contributed by atoms with Crippen LogP contribution in [0, 0.1) is 11.8 Å². The van der Waals surface area contributed by atoms with Gasteiger partial charge < -0.3 is 10.2 Å². The van der Waals surface area contributed by atoms with Gasteiger partial charge >= 0.3 is 0 Å². The summed E-state index contributed by atoms with van der Waals surface area (Å²) in [6.07, 6.45) is 8.54. The van der Waals surface area contributed by atoms with Gasteiger partial charge in [-0.3, -0.25) is 0 Å². The summed E-state index contributed by atoms with van der Waals surface area (Å²) in [6.45, 7) is 8.93. The average Bonchev–Trinajstić information content (AvgIpc) is 2.33. The van der Waals surface area contributed by atoms with Gasteiger partial charge in [0.2, 0.25) is 0 Å². The smallest absolute Gasteiger partial charge is 0.00106 e. The van der Waals surface area contributed by atoms with Crippen molar-refractivity contribution in [3.8, 4) is 0 Å². The number of hydrogen-bond acceptors (Lipinski definition) is 2. The largest absolute Gasteiger partial charge is 0.317 e. The molecule has 0 unspecified atom stereocenters. The van der Waals surface area contributed by atoms with E-state index in [-0.39, 0.29) is 0 Å². The van der Waals surface area contributed by atoms with Crippen LogP contribution >= 0.6 is 0 Å². The van der Waals surface area contributed by atoms with Crippen LogP contribution in [-0.4, -0.2) is 37.6 Å². The predicted molar refractivity (Wildman–Crippen MR) is 69.7 cm³/mol. The lowest BCUT2D eigenvalue weighted by Crippen LogP contribution is -2.40. The van der Waals surface area contributed by atoms with Crippen LogP contribution in [0.4, 0.5) is 0 Å². The monoisotopic (exact) mass is 224 g/mol. The number of nitrogens with one attached hydrogen (secondary N) is 1. The van der Waals surface area contributed by atoms with Gasteiger partial charge in [-0.1, -0.05) is 19.8 Å². The van der Waals surface area contributed by atoms with Gasteiger partial charge in [-0.25, -0.2) is 0 Å². The first kappa shape index (κ1) is 12.4. The van der Waals surface area contributed by atoms with E-state index < -0.39 is 0 Å². The molecule has 0 aromatic carbocycles. The molecule has 94 valence electrons. The number of hydrogen-bond donors (Lipinski definition) is 1. The van der Waals surface area contributed by atoms with Crippen molar-refractivity contribution in [2.75, 3.05) is 32.7 Å². The van der Waals surface area contributed by atoms with Crippen LogP contribution in [0.25, 0.3) is 0 Å². The maximum Gasteiger partial charge on any atom is 0.00106 e. The maximum absolute atomic E-state index is 3.46. The van der Waals surface area contributed by atoms with Crippen LogP contribution in [0.5, 0.6) is 0 Å². The molecule has 2 aliphatic heterocycles. The van der Waals surface area contributed by atoms with Gasteiger partial charge in [-0.2, -0.15) is 0 Å². The van der Waals surface area contributed by atoms with Crippen LogP contribution in [0.1, 0.15) is 45.4 Å². The van der Waals surface area contributed by atoms with E-state index in [0.717, 1.165) is 11.8 Å². The molecule has 0 radical (unpaired) electrons. The molecule has 0 saturated carbocycles. The Morgan fingerprint density at radius 2 is 1.69 bits per heavy atom. The third-order valence-corrected chi connectivity index (χ3v) is 4.38. The molecule has 0 aliphatic carbocycles. The molecule has 2 saturated heterocycles. The van der Waals surface area contributed by atoms with Crippen LogP contribution in [0.2, 0.25) is 0 Å². The lowest BCUT2D eigenvalue weighted by atomic mass is 9.91. The third kappa shape index (κ3) is 3.74. The number of likely N-dealkylation sites (tertiary alicyclic amines) is 1. The summed E-state index contributed by atoms with van der Waals surface area (Å²) in [4.78, 5) is 2.72. The highest BCUT2D eigenvalue weighted by Crippen LogP contribution is 2.23. The van der Waals surface area contributed by atoms with E-state index >= 15 is 0 Å². The minimum absolute atomic E-state index is 0.976. The summed E-state index contributed by atoms with van der Waals surface area (Å²) in [7, 11) is 0. The molecule has 0 aromatic rings. The Labute approximate surface area is 101 Å². The van der Waals surface area contributed by atoms with Crippen molar-refractivity contribution in [2.24, 2.45) is 11.8 Å². The molecule has 0 amide bonds. The van der Waals surface area contributed by atoms with Gasteiger partial charge in [0, 0.05) is 6.54 Å². The van der Waals surface area contributed by atoms with E-state index in [1.54, 1.807) is 0 Å². The fourth-order valence-corrected chi connectivity index (χ4v) is 3.30. The van der Waals surface area contributed by atoms with Crippen molar-refractivity contribution < 1.29 is 0 Å². The lowest BCUT2D eigenvalue weighted by molar-refractivity contribution is 0.144. The minimum atomic E-state index is 0.976. The van der Waals surface area contributed by atoms with Gasteiger partial charge in [0.25, 0.3) is 0 Å². The van der Waals surface area contributed by atoms with Crippen molar-refractivity contribution in [2.45, 2.75) is 45.4 Å². The van der Waals surface area contributed by atoms with Crippen LogP contribution in [-0.2, 0) is 0 Å². The number of piperidine rings is 2. The van der Waals surface area contributed by atoms with Crippen molar-refractivity contribution in [3.05, 3.63) is 0 Å². The Balaban J connectivity index is 1.64. The van der Waals surface area contributed by atoms with E-state index in [1.165, 1.54) is 71.2 Å². The molecular weight excluding hydrogens is 196 g/mol. The van der Waals surface area contributed by atoms with Gasteiger partial charge in [0.15, 0.2) is 0 Å². The molecular formula is C14H28N2. The Bertz CT molecular complexity index is 179. The van der Waals surface area contributed by atoms with E-state index in [9.17, 15) is 0 Å². The molecule has 2 aliphatic rings. The first-order valence-electron chi connectivity index (χ1n) is 7.31. The first-order chi connectivity index (χ1) is 7.88. The van der Waals surface area contributed by atoms with E-state index in [1.807, 2.05) is 0 Å². The fraction of sp³-hybridized carbons (Fsp3) is 1.00. The molecule has 0 bridgehead atoms. The number of rotatable bonds is 4. The molecule has 16 heavy (non-hydrogen) atoms. The van der Waals surface area contributed by atoms with Crippen LogP contribution in [0.15, 0.2) is 0 Å². The molecule has 2 fully saturated rings. The zero-order valence-corrected chi connectivity index (χ0v) is 10.9. The second-order valence-electron chi connectivity index (χ2n) is 5.73. The summed E-state index contributed by atoms with van der Waals surface area (Å²) in [6, 6.07) is 0. The SMILES string of the molecule is CCCC1CCN(CC2CCNCC2)CC1. The normalized spacial score (nSPS) is 26.1. The Hall–Kier alpha value is -0.0800. The van der Waals surface area contributed by atoms with Crippen molar-refractivity contribution in [1.29, 1.82) is 0 Å². The van der Waals surface area contributed by atoms with E-state index in [0.29, 0.717) is 0 Å². The highest BCUT2D eigenvalue weighted by atomic mass is 15.1. The molecule has 1 N–H and O–H groups in total. The second kappa shape index (κ2) is 6.61. The first-order valence-corrected chi connectivity index (χ1v) is 7.31. The number of nitrogens with zero attached hydrogens (tertiary/aromatic N) is 1. The van der Waals surface area contributed by atoms with Gasteiger partial charge in [-0.05, 0) is 63.7 Å². The second-order valence-corrected chi connectivity index (χ2v) is 5.73. The lowest BCUT2D eigenvalue weighted by Gasteiger charge is -2.35. The zero-order chi connectivity index (χ0) is 11.2. The standard InChI is InChI=1S/C14H28N2/c1-2-3-13-6-10-16(11-7-13)12-14-4-8-15-9-5-14/h13-15H,2-12H2,1H3. The molecule has 2 heterocycles. The average molecular weight is 224 g/mol. The summed E-state index contributed by atoms with van der Waals surface area (Å²) >= 11 is 0.